The molecule has 8 nitrogen and oxygen atoms in total. The standard InChI is InChI=1S/C23H26N2O6S2/c1-15-12-17(26-6-2-4-18-27-8-9-28-18)21-22(33-23(32-21)16(13-24)14-25)20(15)31-7-3-5-19-29-10-11-30-19/h12,18-19H,2-11H2,1H3. The molecule has 33 heavy (non-hydrogen) atoms. The Balaban J connectivity index is 1.44. The Morgan fingerprint density at radius 1 is 0.909 bits per heavy atom. The summed E-state index contributed by atoms with van der Waals surface area (Å²) in [5.41, 5.74) is 1.05. The summed E-state index contributed by atoms with van der Waals surface area (Å²) < 4.78 is 34.8. The second kappa shape index (κ2) is 12.0. The molecule has 0 atom stereocenters. The molecule has 0 bridgehead atoms. The lowest BCUT2D eigenvalue weighted by Gasteiger charge is -2.17. The maximum absolute atomic E-state index is 9.35. The first-order chi connectivity index (χ1) is 16.2. The van der Waals surface area contributed by atoms with Gasteiger partial charge in [0.1, 0.15) is 29.2 Å². The molecule has 3 aliphatic rings. The van der Waals surface area contributed by atoms with E-state index in [9.17, 15) is 10.5 Å². The van der Waals surface area contributed by atoms with Crippen LogP contribution in [-0.4, -0.2) is 52.2 Å². The predicted octanol–water partition coefficient (Wildman–Crippen LogP) is 4.52. The largest absolute Gasteiger partial charge is 0.492 e. The highest BCUT2D eigenvalue weighted by Crippen LogP contribution is 2.59. The molecule has 0 N–H and O–H groups in total. The van der Waals surface area contributed by atoms with Crippen molar-refractivity contribution in [3.05, 3.63) is 21.4 Å². The van der Waals surface area contributed by atoms with Gasteiger partial charge in [-0.1, -0.05) is 23.5 Å². The molecule has 0 radical (unpaired) electrons. The van der Waals surface area contributed by atoms with E-state index in [1.807, 2.05) is 25.1 Å². The number of rotatable bonds is 10. The summed E-state index contributed by atoms with van der Waals surface area (Å²) in [6.45, 7) is 5.59. The van der Waals surface area contributed by atoms with Crippen LogP contribution < -0.4 is 9.47 Å². The van der Waals surface area contributed by atoms with Crippen LogP contribution in [-0.2, 0) is 18.9 Å². The number of allylic oxidation sites excluding steroid dienone is 1. The number of aryl methyl sites for hydroxylation is 1. The van der Waals surface area contributed by atoms with E-state index < -0.39 is 0 Å². The Bertz CT molecular complexity index is 943. The first-order valence-corrected chi connectivity index (χ1v) is 12.6. The van der Waals surface area contributed by atoms with E-state index in [1.54, 1.807) is 0 Å². The van der Waals surface area contributed by atoms with Crippen LogP contribution in [0.5, 0.6) is 11.5 Å². The van der Waals surface area contributed by atoms with Gasteiger partial charge in [-0.3, -0.25) is 0 Å². The van der Waals surface area contributed by atoms with Crippen molar-refractivity contribution in [2.24, 2.45) is 0 Å². The van der Waals surface area contributed by atoms with Gasteiger partial charge in [0.15, 0.2) is 12.6 Å². The number of thioether (sulfide) groups is 2. The fraction of sp³-hybridized carbons (Fsp3) is 0.565. The molecular formula is C23H26N2O6S2. The Labute approximate surface area is 202 Å². The van der Waals surface area contributed by atoms with Crippen molar-refractivity contribution in [2.75, 3.05) is 39.6 Å². The van der Waals surface area contributed by atoms with Gasteiger partial charge in [-0.25, -0.2) is 0 Å². The second-order valence-electron chi connectivity index (χ2n) is 7.59. The van der Waals surface area contributed by atoms with Crippen LogP contribution >= 0.6 is 23.5 Å². The molecule has 0 unspecified atom stereocenters. The van der Waals surface area contributed by atoms with Gasteiger partial charge < -0.3 is 28.4 Å². The Kier molecular flexibility index (Phi) is 8.79. The van der Waals surface area contributed by atoms with Crippen molar-refractivity contribution < 1.29 is 28.4 Å². The Morgan fingerprint density at radius 3 is 2.03 bits per heavy atom. The van der Waals surface area contributed by atoms with Crippen LogP contribution in [0.4, 0.5) is 0 Å². The number of nitriles is 2. The molecule has 4 rings (SSSR count). The van der Waals surface area contributed by atoms with Crippen LogP contribution in [0.15, 0.2) is 25.7 Å². The minimum atomic E-state index is -0.149. The van der Waals surface area contributed by atoms with Crippen LogP contribution in [0.25, 0.3) is 0 Å². The number of nitrogens with zero attached hydrogens (tertiary/aromatic N) is 2. The maximum atomic E-state index is 9.35. The van der Waals surface area contributed by atoms with Crippen LogP contribution in [0, 0.1) is 29.6 Å². The average molecular weight is 491 g/mol. The van der Waals surface area contributed by atoms with Gasteiger partial charge in [-0.15, -0.1) is 0 Å². The zero-order valence-electron chi connectivity index (χ0n) is 18.5. The van der Waals surface area contributed by atoms with Gasteiger partial charge in [-0.2, -0.15) is 10.5 Å². The number of ether oxygens (including phenoxy) is 6. The van der Waals surface area contributed by atoms with Gasteiger partial charge in [0.25, 0.3) is 0 Å². The summed E-state index contributed by atoms with van der Waals surface area (Å²) in [5.74, 6) is 1.50. The topological polar surface area (TPSA) is 103 Å². The minimum Gasteiger partial charge on any atom is -0.492 e. The molecule has 1 aromatic carbocycles. The smallest absolute Gasteiger partial charge is 0.157 e. The minimum absolute atomic E-state index is 0.0989. The fourth-order valence-corrected chi connectivity index (χ4v) is 6.21. The third kappa shape index (κ3) is 6.15. The first-order valence-electron chi connectivity index (χ1n) is 11.0. The first kappa shape index (κ1) is 24.2. The molecule has 10 heteroatoms. The quantitative estimate of drug-likeness (QED) is 0.344. The maximum Gasteiger partial charge on any atom is 0.157 e. The monoisotopic (exact) mass is 490 g/mol. The SMILES string of the molecule is Cc1cc(OCCCC2OCCO2)c2c(c1OCCCC1OCCO1)SC(=C(C#N)C#N)S2. The van der Waals surface area contributed by atoms with E-state index in [4.69, 9.17) is 28.4 Å². The molecule has 2 saturated heterocycles. The molecule has 0 spiro atoms. The lowest BCUT2D eigenvalue weighted by atomic mass is 10.2. The van der Waals surface area contributed by atoms with Gasteiger partial charge in [0.05, 0.1) is 53.7 Å². The van der Waals surface area contributed by atoms with E-state index in [0.717, 1.165) is 52.5 Å². The summed E-state index contributed by atoms with van der Waals surface area (Å²) in [7, 11) is 0. The van der Waals surface area contributed by atoms with Crippen molar-refractivity contribution in [1.29, 1.82) is 10.5 Å². The zero-order chi connectivity index (χ0) is 23.0. The van der Waals surface area contributed by atoms with E-state index in [-0.39, 0.29) is 18.2 Å². The van der Waals surface area contributed by atoms with E-state index in [2.05, 4.69) is 0 Å². The van der Waals surface area contributed by atoms with Crippen molar-refractivity contribution >= 4 is 23.5 Å². The number of fused-ring (bicyclic) bond motifs is 1. The second-order valence-corrected chi connectivity index (χ2v) is 9.89. The third-order valence-corrected chi connectivity index (χ3v) is 7.82. The summed E-state index contributed by atoms with van der Waals surface area (Å²) in [6.07, 6.45) is 2.84. The molecule has 0 saturated carbocycles. The Hall–Kier alpha value is -1.92. The van der Waals surface area contributed by atoms with E-state index in [0.29, 0.717) is 43.9 Å². The van der Waals surface area contributed by atoms with E-state index in [1.165, 1.54) is 23.5 Å². The molecule has 1 aromatic rings. The molecule has 2 fully saturated rings. The van der Waals surface area contributed by atoms with Crippen LogP contribution in [0.3, 0.4) is 0 Å². The highest BCUT2D eigenvalue weighted by atomic mass is 32.2. The van der Waals surface area contributed by atoms with Crippen molar-refractivity contribution in [2.45, 2.75) is 55.0 Å². The zero-order valence-corrected chi connectivity index (χ0v) is 20.1. The van der Waals surface area contributed by atoms with Crippen molar-refractivity contribution in [3.8, 4) is 23.6 Å². The number of hydrogen-bond acceptors (Lipinski definition) is 10. The van der Waals surface area contributed by atoms with Gasteiger partial charge >= 0.3 is 0 Å². The number of hydrogen-bond donors (Lipinski definition) is 0. The third-order valence-electron chi connectivity index (χ3n) is 5.21. The summed E-state index contributed by atoms with van der Waals surface area (Å²) in [6, 6.07) is 5.94. The predicted molar refractivity (Wildman–Crippen MR) is 122 cm³/mol. The van der Waals surface area contributed by atoms with Gasteiger partial charge in [0.2, 0.25) is 0 Å². The van der Waals surface area contributed by atoms with Gasteiger partial charge in [0, 0.05) is 12.8 Å². The molecule has 3 heterocycles. The molecule has 0 amide bonds. The van der Waals surface area contributed by atoms with E-state index >= 15 is 0 Å². The lowest BCUT2D eigenvalue weighted by Crippen LogP contribution is -2.11. The summed E-state index contributed by atoms with van der Waals surface area (Å²) in [4.78, 5) is 1.78. The molecule has 0 aromatic heterocycles. The van der Waals surface area contributed by atoms with Gasteiger partial charge in [-0.05, 0) is 31.4 Å². The molecular weight excluding hydrogens is 464 g/mol. The number of benzene rings is 1. The fourth-order valence-electron chi connectivity index (χ4n) is 3.63. The average Bonchev–Trinajstić information content (AvgIpc) is 3.59. The van der Waals surface area contributed by atoms with Crippen molar-refractivity contribution in [1.82, 2.24) is 0 Å². The Morgan fingerprint density at radius 2 is 1.45 bits per heavy atom. The van der Waals surface area contributed by atoms with Crippen LogP contribution in [0.2, 0.25) is 0 Å². The summed E-state index contributed by atoms with van der Waals surface area (Å²) in [5, 5.41) is 18.7. The molecule has 176 valence electrons. The van der Waals surface area contributed by atoms with Crippen LogP contribution in [0.1, 0.15) is 31.2 Å². The molecule has 3 aliphatic heterocycles. The highest BCUT2D eigenvalue weighted by Gasteiger charge is 2.30. The lowest BCUT2D eigenvalue weighted by molar-refractivity contribution is -0.0496. The highest BCUT2D eigenvalue weighted by molar-refractivity contribution is 8.24. The molecule has 0 aliphatic carbocycles. The normalized spacial score (nSPS) is 18.2. The van der Waals surface area contributed by atoms with Crippen molar-refractivity contribution in [3.63, 3.8) is 0 Å². The summed E-state index contributed by atoms with van der Waals surface area (Å²) >= 11 is 2.78.